The average Bonchev–Trinajstić information content (AvgIpc) is 2.65. The van der Waals surface area contributed by atoms with E-state index in [9.17, 15) is 4.79 Å². The summed E-state index contributed by atoms with van der Waals surface area (Å²) in [7, 11) is 9.13. The van der Waals surface area contributed by atoms with Gasteiger partial charge in [0, 0.05) is 32.4 Å². The zero-order valence-electron chi connectivity index (χ0n) is 20.6. The van der Waals surface area contributed by atoms with Crippen molar-refractivity contribution in [3.63, 3.8) is 0 Å². The topological polar surface area (TPSA) is 20.3 Å². The van der Waals surface area contributed by atoms with E-state index in [4.69, 9.17) is 0 Å². The fraction of sp³-hybridized carbons (Fsp3) is 0.958. The number of carbonyl (C=O) groups excluding carboxylic acids is 1. The first kappa shape index (κ1) is 27.4. The van der Waals surface area contributed by atoms with Crippen LogP contribution in [0.3, 0.4) is 0 Å². The molecule has 28 heavy (non-hydrogen) atoms. The molecule has 0 radical (unpaired) electrons. The molecule has 0 aromatic rings. The molecule has 0 fully saturated rings. The fourth-order valence-corrected chi connectivity index (χ4v) is 3.45. The molecule has 168 valence electrons. The minimum atomic E-state index is 0.386. The van der Waals surface area contributed by atoms with Crippen molar-refractivity contribution in [1.29, 1.82) is 0 Å². The molecule has 0 spiro atoms. The number of nitrogens with zero attached hydrogens (tertiary/aromatic N) is 3. The zero-order chi connectivity index (χ0) is 21.5. The third-order valence-electron chi connectivity index (χ3n) is 6.44. The number of unbranched alkanes of at least 4 members (excludes halogenated alkanes) is 6. The lowest BCUT2D eigenvalue weighted by Gasteiger charge is -2.31. The highest BCUT2D eigenvalue weighted by Crippen LogP contribution is 2.11. The van der Waals surface area contributed by atoms with Crippen molar-refractivity contribution >= 4 is 5.91 Å². The Labute approximate surface area is 177 Å². The third-order valence-corrected chi connectivity index (χ3v) is 6.44. The quantitative estimate of drug-likeness (QED) is 0.236. The van der Waals surface area contributed by atoms with E-state index in [-0.39, 0.29) is 0 Å². The van der Waals surface area contributed by atoms with Crippen LogP contribution in [0.4, 0.5) is 0 Å². The van der Waals surface area contributed by atoms with E-state index >= 15 is 0 Å². The molecule has 0 unspecified atom stereocenters. The Morgan fingerprint density at radius 2 is 1.07 bits per heavy atom. The maximum Gasteiger partial charge on any atom is 0.222 e. The SMILES string of the molecule is CCCCCCCCCC(=O)N(CCC[N+](C)(C)CC)CCC[N+](C)(C)CC. The van der Waals surface area contributed by atoms with Crippen molar-refractivity contribution in [2.45, 2.75) is 85.0 Å². The largest absolute Gasteiger partial charge is 0.342 e. The zero-order valence-corrected chi connectivity index (χ0v) is 20.6. The molecule has 0 atom stereocenters. The van der Waals surface area contributed by atoms with Crippen molar-refractivity contribution in [3.05, 3.63) is 0 Å². The summed E-state index contributed by atoms with van der Waals surface area (Å²) in [5, 5.41) is 0. The van der Waals surface area contributed by atoms with Crippen LogP contribution in [0.15, 0.2) is 0 Å². The van der Waals surface area contributed by atoms with Crippen LogP contribution in [-0.2, 0) is 4.79 Å². The summed E-state index contributed by atoms with van der Waals surface area (Å²) in [6.07, 6.45) is 11.9. The van der Waals surface area contributed by atoms with E-state index < -0.39 is 0 Å². The molecule has 0 aromatic carbocycles. The van der Waals surface area contributed by atoms with Gasteiger partial charge in [-0.15, -0.1) is 0 Å². The number of amides is 1. The normalized spacial score (nSPS) is 12.4. The number of carbonyl (C=O) groups is 1. The van der Waals surface area contributed by atoms with Gasteiger partial charge in [-0.2, -0.15) is 0 Å². The van der Waals surface area contributed by atoms with E-state index in [2.05, 4.69) is 53.9 Å². The molecule has 0 heterocycles. The summed E-state index contributed by atoms with van der Waals surface area (Å²) in [5.41, 5.74) is 0. The van der Waals surface area contributed by atoms with Crippen LogP contribution in [-0.4, -0.2) is 87.2 Å². The molecule has 0 saturated heterocycles. The highest BCUT2D eigenvalue weighted by atomic mass is 16.2. The Morgan fingerprint density at radius 3 is 1.50 bits per heavy atom. The molecule has 0 aliphatic carbocycles. The molecule has 0 bridgehead atoms. The van der Waals surface area contributed by atoms with Crippen molar-refractivity contribution in [3.8, 4) is 0 Å². The van der Waals surface area contributed by atoms with Crippen LogP contribution in [0.25, 0.3) is 0 Å². The summed E-state index contributed by atoms with van der Waals surface area (Å²) in [6, 6.07) is 0. The summed E-state index contributed by atoms with van der Waals surface area (Å²) in [4.78, 5) is 15.0. The van der Waals surface area contributed by atoms with Gasteiger partial charge in [-0.1, -0.05) is 45.4 Å². The number of hydrogen-bond acceptors (Lipinski definition) is 1. The Morgan fingerprint density at radius 1 is 0.643 bits per heavy atom. The number of quaternary nitrogens is 2. The lowest BCUT2D eigenvalue weighted by molar-refractivity contribution is -0.888. The Hall–Kier alpha value is -0.610. The van der Waals surface area contributed by atoms with Gasteiger partial charge in [-0.05, 0) is 20.3 Å². The summed E-state index contributed by atoms with van der Waals surface area (Å²) >= 11 is 0. The molecule has 0 saturated carbocycles. The molecule has 0 N–H and O–H groups in total. The maximum absolute atomic E-state index is 12.8. The predicted octanol–water partition coefficient (Wildman–Crippen LogP) is 4.93. The second-order valence-electron chi connectivity index (χ2n) is 9.91. The molecule has 1 amide bonds. The summed E-state index contributed by atoms with van der Waals surface area (Å²) in [5.74, 6) is 0.386. The first-order valence-corrected chi connectivity index (χ1v) is 12.1. The van der Waals surface area contributed by atoms with Crippen LogP contribution in [0, 0.1) is 0 Å². The third kappa shape index (κ3) is 14.4. The summed E-state index contributed by atoms with van der Waals surface area (Å²) < 4.78 is 2.08. The fourth-order valence-electron chi connectivity index (χ4n) is 3.45. The molecular weight excluding hydrogens is 346 g/mol. The second-order valence-corrected chi connectivity index (χ2v) is 9.91. The first-order chi connectivity index (χ1) is 13.2. The van der Waals surface area contributed by atoms with E-state index in [1.165, 1.54) is 38.5 Å². The standard InChI is InChI=1S/C24H53N3O/c1-8-11-12-13-14-15-16-19-24(28)25(20-17-22-26(4,5)9-2)21-18-23-27(6,7)10-3/h8-23H2,1-7H3/q+2. The molecule has 4 heteroatoms. The average molecular weight is 400 g/mol. The minimum Gasteiger partial charge on any atom is -0.342 e. The van der Waals surface area contributed by atoms with Gasteiger partial charge >= 0.3 is 0 Å². The van der Waals surface area contributed by atoms with Crippen molar-refractivity contribution < 1.29 is 13.8 Å². The second kappa shape index (κ2) is 15.3. The van der Waals surface area contributed by atoms with Gasteiger partial charge in [0.1, 0.15) is 0 Å². The van der Waals surface area contributed by atoms with Gasteiger partial charge in [0.15, 0.2) is 0 Å². The van der Waals surface area contributed by atoms with E-state index in [1.807, 2.05) is 0 Å². The van der Waals surface area contributed by atoms with Crippen molar-refractivity contribution in [1.82, 2.24) is 4.90 Å². The van der Waals surface area contributed by atoms with Gasteiger partial charge in [-0.25, -0.2) is 0 Å². The molecule has 4 nitrogen and oxygen atoms in total. The van der Waals surface area contributed by atoms with Crippen LogP contribution in [0.2, 0.25) is 0 Å². The Kier molecular flexibility index (Phi) is 14.9. The van der Waals surface area contributed by atoms with Crippen LogP contribution >= 0.6 is 0 Å². The minimum absolute atomic E-state index is 0.386. The lowest BCUT2D eigenvalue weighted by atomic mass is 10.1. The van der Waals surface area contributed by atoms with Crippen LogP contribution in [0.5, 0.6) is 0 Å². The predicted molar refractivity (Wildman–Crippen MR) is 123 cm³/mol. The molecule has 0 aliphatic heterocycles. The van der Waals surface area contributed by atoms with E-state index in [1.54, 1.807) is 0 Å². The maximum atomic E-state index is 12.8. The van der Waals surface area contributed by atoms with Gasteiger partial charge < -0.3 is 13.9 Å². The van der Waals surface area contributed by atoms with Crippen molar-refractivity contribution in [2.75, 3.05) is 67.5 Å². The van der Waals surface area contributed by atoms with Crippen molar-refractivity contribution in [2.24, 2.45) is 0 Å². The highest BCUT2D eigenvalue weighted by molar-refractivity contribution is 5.76. The van der Waals surface area contributed by atoms with Crippen LogP contribution < -0.4 is 0 Å². The molecule has 0 aromatic heterocycles. The number of rotatable bonds is 18. The molecule has 0 aliphatic rings. The monoisotopic (exact) mass is 399 g/mol. The van der Waals surface area contributed by atoms with Gasteiger partial charge in [0.2, 0.25) is 5.91 Å². The summed E-state index contributed by atoms with van der Waals surface area (Å²) in [6.45, 7) is 13.2. The molecule has 0 rings (SSSR count). The first-order valence-electron chi connectivity index (χ1n) is 12.1. The Balaban J connectivity index is 4.37. The molecular formula is C24H53N3O+2. The van der Waals surface area contributed by atoms with E-state index in [0.29, 0.717) is 5.91 Å². The lowest BCUT2D eigenvalue weighted by Crippen LogP contribution is -2.44. The number of hydrogen-bond donors (Lipinski definition) is 0. The van der Waals surface area contributed by atoms with Gasteiger partial charge in [-0.3, -0.25) is 4.79 Å². The van der Waals surface area contributed by atoms with Gasteiger partial charge in [0.25, 0.3) is 0 Å². The highest BCUT2D eigenvalue weighted by Gasteiger charge is 2.18. The smallest absolute Gasteiger partial charge is 0.222 e. The Bertz CT molecular complexity index is 371. The van der Waals surface area contributed by atoms with Crippen LogP contribution in [0.1, 0.15) is 85.0 Å². The van der Waals surface area contributed by atoms with E-state index in [0.717, 1.165) is 73.9 Å². The van der Waals surface area contributed by atoms with Gasteiger partial charge in [0.05, 0.1) is 54.4 Å².